The summed E-state index contributed by atoms with van der Waals surface area (Å²) in [6.07, 6.45) is 8.13. The molecule has 0 radical (unpaired) electrons. The monoisotopic (exact) mass is 439 g/mol. The van der Waals surface area contributed by atoms with Crippen molar-refractivity contribution < 1.29 is 9.59 Å². The molecule has 3 aromatic heterocycles. The molecule has 3 heterocycles. The van der Waals surface area contributed by atoms with Gasteiger partial charge in [0.05, 0.1) is 36.9 Å². The summed E-state index contributed by atoms with van der Waals surface area (Å²) in [6, 6.07) is 3.01. The van der Waals surface area contributed by atoms with Crippen LogP contribution < -0.4 is 10.6 Å². The fourth-order valence-corrected chi connectivity index (χ4v) is 2.80. The summed E-state index contributed by atoms with van der Waals surface area (Å²) in [4.78, 5) is 33.4. The summed E-state index contributed by atoms with van der Waals surface area (Å²) in [7, 11) is 7.94. The SMILES string of the molecule is CN(C)CCn1cc(NC(=O)c2ccnc(C(=O)Nc3cnn(CCN(C)C)c3)c2)cn1. The van der Waals surface area contributed by atoms with Crippen LogP contribution in [-0.4, -0.2) is 87.4 Å². The van der Waals surface area contributed by atoms with Crippen molar-refractivity contribution in [2.45, 2.75) is 13.1 Å². The Balaban J connectivity index is 1.59. The third kappa shape index (κ3) is 6.72. The van der Waals surface area contributed by atoms with Crippen LogP contribution in [0.15, 0.2) is 43.1 Å². The zero-order valence-electron chi connectivity index (χ0n) is 18.8. The van der Waals surface area contributed by atoms with Gasteiger partial charge in [-0.15, -0.1) is 0 Å². The van der Waals surface area contributed by atoms with Crippen LogP contribution in [0.25, 0.3) is 0 Å². The number of carbonyl (C=O) groups is 2. The molecule has 0 bridgehead atoms. The average molecular weight is 440 g/mol. The van der Waals surface area contributed by atoms with Crippen molar-refractivity contribution in [2.24, 2.45) is 0 Å². The maximum Gasteiger partial charge on any atom is 0.274 e. The summed E-state index contributed by atoms with van der Waals surface area (Å²) < 4.78 is 3.52. The lowest BCUT2D eigenvalue weighted by molar-refractivity contribution is 0.102. The average Bonchev–Trinajstić information content (AvgIpc) is 3.40. The molecule has 0 aliphatic carbocycles. The summed E-state index contributed by atoms with van der Waals surface area (Å²) in [5.41, 5.74) is 1.62. The van der Waals surface area contributed by atoms with Crippen molar-refractivity contribution in [3.05, 3.63) is 54.4 Å². The molecule has 11 nitrogen and oxygen atoms in total. The highest BCUT2D eigenvalue weighted by Crippen LogP contribution is 2.11. The van der Waals surface area contributed by atoms with E-state index in [-0.39, 0.29) is 11.6 Å². The molecule has 0 spiro atoms. The van der Waals surface area contributed by atoms with Crippen molar-refractivity contribution in [2.75, 3.05) is 51.9 Å². The predicted molar refractivity (Wildman–Crippen MR) is 122 cm³/mol. The molecule has 3 aromatic rings. The molecular formula is C21H29N9O2. The van der Waals surface area contributed by atoms with Crippen molar-refractivity contribution in [1.29, 1.82) is 0 Å². The standard InChI is InChI=1S/C21H29N9O2/c1-27(2)7-9-29-14-17(12-23-29)25-20(31)16-5-6-22-19(11-16)21(32)26-18-13-24-30(15-18)10-8-28(3)4/h5-6,11-15H,7-10H2,1-4H3,(H,25,31)(H,26,32). The van der Waals surface area contributed by atoms with E-state index in [1.165, 1.54) is 12.3 Å². The molecule has 0 saturated heterocycles. The molecule has 0 fully saturated rings. The van der Waals surface area contributed by atoms with Crippen molar-refractivity contribution in [1.82, 2.24) is 34.3 Å². The number of nitrogens with zero attached hydrogens (tertiary/aromatic N) is 7. The van der Waals surface area contributed by atoms with Crippen LogP contribution in [0, 0.1) is 0 Å². The summed E-state index contributed by atoms with van der Waals surface area (Å²) in [5.74, 6) is -0.756. The van der Waals surface area contributed by atoms with Gasteiger partial charge < -0.3 is 20.4 Å². The third-order valence-corrected chi connectivity index (χ3v) is 4.59. The van der Waals surface area contributed by atoms with Gasteiger partial charge in [0.15, 0.2) is 0 Å². The highest BCUT2D eigenvalue weighted by molar-refractivity contribution is 6.07. The van der Waals surface area contributed by atoms with Gasteiger partial charge in [0.25, 0.3) is 11.8 Å². The van der Waals surface area contributed by atoms with Crippen LogP contribution in [0.4, 0.5) is 11.4 Å². The van der Waals surface area contributed by atoms with E-state index in [4.69, 9.17) is 0 Å². The van der Waals surface area contributed by atoms with Gasteiger partial charge in [-0.05, 0) is 40.3 Å². The first kappa shape index (κ1) is 23.1. The maximum atomic E-state index is 12.6. The molecule has 0 aromatic carbocycles. The van der Waals surface area contributed by atoms with E-state index >= 15 is 0 Å². The molecule has 32 heavy (non-hydrogen) atoms. The predicted octanol–water partition coefficient (Wildman–Crippen LogP) is 1.10. The molecule has 0 atom stereocenters. The summed E-state index contributed by atoms with van der Waals surface area (Å²) in [6.45, 7) is 3.10. The third-order valence-electron chi connectivity index (χ3n) is 4.59. The number of nitrogens with one attached hydrogen (secondary N) is 2. The number of rotatable bonds is 10. The van der Waals surface area contributed by atoms with E-state index < -0.39 is 5.91 Å². The first-order chi connectivity index (χ1) is 15.3. The van der Waals surface area contributed by atoms with E-state index in [9.17, 15) is 9.59 Å². The highest BCUT2D eigenvalue weighted by atomic mass is 16.2. The zero-order chi connectivity index (χ0) is 23.1. The fourth-order valence-electron chi connectivity index (χ4n) is 2.80. The Bertz CT molecular complexity index is 975. The Morgan fingerprint density at radius 3 is 1.94 bits per heavy atom. The van der Waals surface area contributed by atoms with Crippen LogP contribution in [-0.2, 0) is 13.1 Å². The Morgan fingerprint density at radius 2 is 1.41 bits per heavy atom. The van der Waals surface area contributed by atoms with Crippen LogP contribution in [0.5, 0.6) is 0 Å². The van der Waals surface area contributed by atoms with Gasteiger partial charge in [0.2, 0.25) is 0 Å². The van der Waals surface area contributed by atoms with Gasteiger partial charge in [0.1, 0.15) is 5.69 Å². The number of pyridine rings is 1. The van der Waals surface area contributed by atoms with Crippen LogP contribution in [0.2, 0.25) is 0 Å². The molecule has 0 aliphatic heterocycles. The number of likely N-dealkylation sites (N-methyl/N-ethyl adjacent to an activating group) is 2. The van der Waals surface area contributed by atoms with Gasteiger partial charge >= 0.3 is 0 Å². The molecule has 0 aliphatic rings. The molecule has 0 saturated carbocycles. The molecule has 3 rings (SSSR count). The van der Waals surface area contributed by atoms with Gasteiger partial charge in [-0.2, -0.15) is 10.2 Å². The molecular weight excluding hydrogens is 410 g/mol. The normalized spacial score (nSPS) is 11.2. The molecule has 2 amide bonds. The Morgan fingerprint density at radius 1 is 0.875 bits per heavy atom. The van der Waals surface area contributed by atoms with Gasteiger partial charge in [-0.1, -0.05) is 0 Å². The van der Waals surface area contributed by atoms with Gasteiger partial charge in [-0.3, -0.25) is 23.9 Å². The Kier molecular flexibility index (Phi) is 7.68. The molecule has 11 heteroatoms. The lowest BCUT2D eigenvalue weighted by atomic mass is 10.2. The van der Waals surface area contributed by atoms with Crippen molar-refractivity contribution in [3.63, 3.8) is 0 Å². The van der Waals surface area contributed by atoms with Crippen LogP contribution >= 0.6 is 0 Å². The minimum absolute atomic E-state index is 0.139. The van der Waals surface area contributed by atoms with E-state index in [0.29, 0.717) is 30.0 Å². The smallest absolute Gasteiger partial charge is 0.274 e. The molecule has 2 N–H and O–H groups in total. The molecule has 0 unspecified atom stereocenters. The number of hydrogen-bond donors (Lipinski definition) is 2. The Labute approximate surface area is 187 Å². The second-order valence-corrected chi connectivity index (χ2v) is 7.93. The highest BCUT2D eigenvalue weighted by Gasteiger charge is 2.14. The van der Waals surface area contributed by atoms with E-state index in [1.807, 2.05) is 28.2 Å². The van der Waals surface area contributed by atoms with Crippen molar-refractivity contribution >= 4 is 23.2 Å². The number of hydrogen-bond acceptors (Lipinski definition) is 7. The minimum Gasteiger partial charge on any atom is -0.319 e. The quantitative estimate of drug-likeness (QED) is 0.486. The van der Waals surface area contributed by atoms with E-state index in [2.05, 4.69) is 35.6 Å². The number of carbonyl (C=O) groups excluding carboxylic acids is 2. The summed E-state index contributed by atoms with van der Waals surface area (Å²) >= 11 is 0. The number of amides is 2. The van der Waals surface area contributed by atoms with Gasteiger partial charge in [-0.25, -0.2) is 0 Å². The largest absolute Gasteiger partial charge is 0.319 e. The minimum atomic E-state index is -0.414. The van der Waals surface area contributed by atoms with Crippen LogP contribution in [0.3, 0.4) is 0 Å². The second-order valence-electron chi connectivity index (χ2n) is 7.93. The lowest BCUT2D eigenvalue weighted by Gasteiger charge is -2.08. The fraction of sp³-hybridized carbons (Fsp3) is 0.381. The second kappa shape index (κ2) is 10.6. The van der Waals surface area contributed by atoms with Crippen molar-refractivity contribution in [3.8, 4) is 0 Å². The summed E-state index contributed by atoms with van der Waals surface area (Å²) in [5, 5.41) is 14.0. The van der Waals surface area contributed by atoms with Gasteiger partial charge in [0, 0.05) is 37.2 Å². The van der Waals surface area contributed by atoms with E-state index in [0.717, 1.165) is 13.1 Å². The number of anilines is 2. The topological polar surface area (TPSA) is 113 Å². The molecule has 170 valence electrons. The zero-order valence-corrected chi connectivity index (χ0v) is 18.8. The van der Waals surface area contributed by atoms with E-state index in [1.54, 1.807) is 40.2 Å². The lowest BCUT2D eigenvalue weighted by Crippen LogP contribution is -2.18. The first-order valence-electron chi connectivity index (χ1n) is 10.2. The van der Waals surface area contributed by atoms with Crippen LogP contribution in [0.1, 0.15) is 20.8 Å². The first-order valence-corrected chi connectivity index (χ1v) is 10.2. The maximum absolute atomic E-state index is 12.6. The Hall–Kier alpha value is -3.57. The number of aromatic nitrogens is 5.